The van der Waals surface area contributed by atoms with Gasteiger partial charge in [-0.2, -0.15) is 0 Å². The van der Waals surface area contributed by atoms with Crippen LogP contribution in [0.4, 0.5) is 0 Å². The molecule has 2 saturated carbocycles. The van der Waals surface area contributed by atoms with Crippen molar-refractivity contribution in [1.29, 1.82) is 0 Å². The average molecular weight is 295 g/mol. The monoisotopic (exact) mass is 295 g/mol. The van der Waals surface area contributed by atoms with E-state index >= 15 is 0 Å². The van der Waals surface area contributed by atoms with Gasteiger partial charge in [0.05, 0.1) is 25.4 Å². The maximum absolute atomic E-state index is 6.25. The molecule has 5 nitrogen and oxygen atoms in total. The van der Waals surface area contributed by atoms with Crippen molar-refractivity contribution < 1.29 is 9.47 Å². The number of guanidine groups is 1. The SMILES string of the molecule is CCOC1CC(N=C(N)N2CCOCC2)C12CCCCC2. The minimum absolute atomic E-state index is 0.269. The molecule has 2 aliphatic carbocycles. The van der Waals surface area contributed by atoms with Crippen molar-refractivity contribution in [2.45, 2.75) is 57.6 Å². The molecule has 3 fully saturated rings. The molecule has 0 aromatic heterocycles. The first-order valence-corrected chi connectivity index (χ1v) is 8.54. The second-order valence-corrected chi connectivity index (χ2v) is 6.58. The van der Waals surface area contributed by atoms with Crippen molar-refractivity contribution >= 4 is 5.96 Å². The molecule has 2 atom stereocenters. The highest BCUT2D eigenvalue weighted by Gasteiger charge is 2.55. The third-order valence-corrected chi connectivity index (χ3v) is 5.52. The quantitative estimate of drug-likeness (QED) is 0.637. The van der Waals surface area contributed by atoms with Crippen LogP contribution in [0, 0.1) is 5.41 Å². The van der Waals surface area contributed by atoms with Crippen molar-refractivity contribution in [2.75, 3.05) is 32.9 Å². The summed E-state index contributed by atoms with van der Waals surface area (Å²) in [7, 11) is 0. The molecule has 2 unspecified atom stereocenters. The van der Waals surface area contributed by atoms with Gasteiger partial charge in [-0.25, -0.2) is 4.99 Å². The predicted molar refractivity (Wildman–Crippen MR) is 83.4 cm³/mol. The van der Waals surface area contributed by atoms with Crippen molar-refractivity contribution in [2.24, 2.45) is 16.1 Å². The molecule has 2 N–H and O–H groups in total. The summed E-state index contributed by atoms with van der Waals surface area (Å²) in [5.74, 6) is 0.711. The normalized spacial score (nSPS) is 33.0. The molecule has 3 aliphatic rings. The number of nitrogens with zero attached hydrogens (tertiary/aromatic N) is 2. The van der Waals surface area contributed by atoms with Crippen LogP contribution in [0.3, 0.4) is 0 Å². The lowest BCUT2D eigenvalue weighted by Gasteiger charge is -2.56. The Kier molecular flexibility index (Phi) is 4.69. The Morgan fingerprint density at radius 1 is 1.29 bits per heavy atom. The lowest BCUT2D eigenvalue weighted by Crippen LogP contribution is -2.59. The van der Waals surface area contributed by atoms with E-state index in [0.29, 0.717) is 18.1 Å². The Morgan fingerprint density at radius 2 is 2.00 bits per heavy atom. The number of hydrogen-bond donors (Lipinski definition) is 1. The number of nitrogens with two attached hydrogens (primary N) is 1. The Bertz CT molecular complexity index is 374. The van der Waals surface area contributed by atoms with Gasteiger partial charge in [-0.3, -0.25) is 0 Å². The first-order valence-electron chi connectivity index (χ1n) is 8.54. The topological polar surface area (TPSA) is 60.1 Å². The van der Waals surface area contributed by atoms with Crippen LogP contribution < -0.4 is 5.73 Å². The van der Waals surface area contributed by atoms with Crippen LogP contribution in [0.25, 0.3) is 0 Å². The Labute approximate surface area is 127 Å². The standard InChI is InChI=1S/C16H29N3O2/c1-2-21-14-12-13(16(14)6-4-3-5-7-16)18-15(17)19-8-10-20-11-9-19/h13-14H,2-12H2,1H3,(H2,17,18). The van der Waals surface area contributed by atoms with E-state index in [2.05, 4.69) is 11.8 Å². The van der Waals surface area contributed by atoms with E-state index in [1.54, 1.807) is 0 Å². The van der Waals surface area contributed by atoms with Crippen LogP contribution in [0.5, 0.6) is 0 Å². The molecule has 1 heterocycles. The van der Waals surface area contributed by atoms with Crippen LogP contribution in [0.1, 0.15) is 45.4 Å². The zero-order valence-electron chi connectivity index (χ0n) is 13.2. The highest BCUT2D eigenvalue weighted by molar-refractivity contribution is 5.78. The van der Waals surface area contributed by atoms with Gasteiger partial charge in [0.15, 0.2) is 5.96 Å². The Hall–Kier alpha value is -0.810. The van der Waals surface area contributed by atoms with Crippen molar-refractivity contribution in [3.63, 3.8) is 0 Å². The summed E-state index contributed by atoms with van der Waals surface area (Å²) >= 11 is 0. The third-order valence-electron chi connectivity index (χ3n) is 5.52. The number of hydrogen-bond acceptors (Lipinski definition) is 3. The smallest absolute Gasteiger partial charge is 0.191 e. The Morgan fingerprint density at radius 3 is 2.67 bits per heavy atom. The maximum atomic E-state index is 6.25. The third kappa shape index (κ3) is 2.90. The molecule has 1 saturated heterocycles. The molecular formula is C16H29N3O2. The molecule has 3 rings (SSSR count). The van der Waals surface area contributed by atoms with Gasteiger partial charge in [0, 0.05) is 25.1 Å². The van der Waals surface area contributed by atoms with Crippen LogP contribution in [0.15, 0.2) is 4.99 Å². The van der Waals surface area contributed by atoms with Gasteiger partial charge >= 0.3 is 0 Å². The molecule has 0 bridgehead atoms. The van der Waals surface area contributed by atoms with Crippen LogP contribution in [-0.4, -0.2) is 55.9 Å². The van der Waals surface area contributed by atoms with Crippen molar-refractivity contribution in [3.8, 4) is 0 Å². The zero-order chi connectivity index (χ0) is 14.7. The molecule has 0 aromatic carbocycles. The first-order chi connectivity index (χ1) is 10.3. The van der Waals surface area contributed by atoms with Gasteiger partial charge < -0.3 is 20.1 Å². The van der Waals surface area contributed by atoms with Gasteiger partial charge in [0.25, 0.3) is 0 Å². The van der Waals surface area contributed by atoms with Gasteiger partial charge in [-0.1, -0.05) is 19.3 Å². The number of morpholine rings is 1. The zero-order valence-corrected chi connectivity index (χ0v) is 13.2. The van der Waals surface area contributed by atoms with Gasteiger partial charge in [-0.15, -0.1) is 0 Å². The summed E-state index contributed by atoms with van der Waals surface area (Å²) in [6.07, 6.45) is 7.92. The molecule has 21 heavy (non-hydrogen) atoms. The fraction of sp³-hybridized carbons (Fsp3) is 0.938. The summed E-state index contributed by atoms with van der Waals surface area (Å²) in [6, 6.07) is 0.359. The predicted octanol–water partition coefficient (Wildman–Crippen LogP) is 1.76. The number of rotatable bonds is 3. The molecular weight excluding hydrogens is 266 g/mol. The first kappa shape index (κ1) is 15.1. The van der Waals surface area contributed by atoms with Gasteiger partial charge in [0.2, 0.25) is 0 Å². The molecule has 120 valence electrons. The van der Waals surface area contributed by atoms with Gasteiger partial charge in [0.1, 0.15) is 0 Å². The summed E-state index contributed by atoms with van der Waals surface area (Å²) in [5, 5.41) is 0. The molecule has 0 amide bonds. The molecule has 1 aliphatic heterocycles. The summed E-state index contributed by atoms with van der Waals surface area (Å²) < 4.78 is 11.4. The van der Waals surface area contributed by atoms with Crippen LogP contribution in [0.2, 0.25) is 0 Å². The van der Waals surface area contributed by atoms with E-state index in [9.17, 15) is 0 Å². The molecule has 1 spiro atoms. The molecule has 0 aromatic rings. The molecule has 5 heteroatoms. The highest BCUT2D eigenvalue weighted by atomic mass is 16.5. The largest absolute Gasteiger partial charge is 0.378 e. The van der Waals surface area contributed by atoms with E-state index in [0.717, 1.165) is 39.3 Å². The van der Waals surface area contributed by atoms with Gasteiger partial charge in [-0.05, 0) is 26.2 Å². The highest BCUT2D eigenvalue weighted by Crippen LogP contribution is 2.54. The number of ether oxygens (including phenoxy) is 2. The van der Waals surface area contributed by atoms with E-state index in [-0.39, 0.29) is 5.41 Å². The summed E-state index contributed by atoms with van der Waals surface area (Å²) in [6.45, 7) is 6.14. The molecule has 0 radical (unpaired) electrons. The number of aliphatic imine (C=N–C) groups is 1. The maximum Gasteiger partial charge on any atom is 0.191 e. The average Bonchev–Trinajstić information content (AvgIpc) is 2.55. The van der Waals surface area contributed by atoms with Crippen LogP contribution in [-0.2, 0) is 9.47 Å². The van der Waals surface area contributed by atoms with Crippen molar-refractivity contribution in [3.05, 3.63) is 0 Å². The fourth-order valence-corrected chi connectivity index (χ4v) is 4.24. The van der Waals surface area contributed by atoms with Crippen molar-refractivity contribution in [1.82, 2.24) is 4.90 Å². The lowest BCUT2D eigenvalue weighted by molar-refractivity contribution is -0.139. The van der Waals surface area contributed by atoms with E-state index in [4.69, 9.17) is 20.2 Å². The van der Waals surface area contributed by atoms with Crippen LogP contribution >= 0.6 is 0 Å². The minimum Gasteiger partial charge on any atom is -0.378 e. The lowest BCUT2D eigenvalue weighted by atomic mass is 9.55. The van der Waals surface area contributed by atoms with E-state index in [1.807, 2.05) is 0 Å². The summed E-state index contributed by atoms with van der Waals surface area (Å²) in [4.78, 5) is 7.06. The second kappa shape index (κ2) is 6.53. The summed E-state index contributed by atoms with van der Waals surface area (Å²) in [5.41, 5.74) is 6.52. The Balaban J connectivity index is 1.69. The second-order valence-electron chi connectivity index (χ2n) is 6.58. The van der Waals surface area contributed by atoms with E-state index < -0.39 is 0 Å². The van der Waals surface area contributed by atoms with E-state index in [1.165, 1.54) is 32.1 Å². The minimum atomic E-state index is 0.269. The fourth-order valence-electron chi connectivity index (χ4n) is 4.24.